The highest BCUT2D eigenvalue weighted by atomic mass is 14.9. The average molecular weight is 617 g/mol. The standard InChI is InChI=1S/C46H36N2/c1-45(2)39-20-12-10-17-34(39)36-27-26-32-28-38(33-16-8-9-18-35(33)41(32)42(36)46(45,3)4)44-47-40-21-13-11-19-37(40)43(48-44)31-24-22-30(23-25-31)29-14-6-5-7-15-29/h5-28H,1-4H3. The molecule has 0 saturated heterocycles. The molecule has 0 N–H and O–H groups in total. The minimum atomic E-state index is -0.112. The van der Waals surface area contributed by atoms with Gasteiger partial charge in [0.15, 0.2) is 5.82 Å². The van der Waals surface area contributed by atoms with Gasteiger partial charge in [-0.1, -0.05) is 161 Å². The van der Waals surface area contributed by atoms with Crippen LogP contribution in [0.4, 0.5) is 0 Å². The molecule has 0 fully saturated rings. The van der Waals surface area contributed by atoms with Gasteiger partial charge in [0.25, 0.3) is 0 Å². The van der Waals surface area contributed by atoms with Gasteiger partial charge in [-0.05, 0) is 72.5 Å². The lowest BCUT2D eigenvalue weighted by molar-refractivity contribution is 0.301. The monoisotopic (exact) mass is 616 g/mol. The van der Waals surface area contributed by atoms with Crippen LogP contribution >= 0.6 is 0 Å². The normalized spacial score (nSPS) is 14.6. The minimum Gasteiger partial charge on any atom is -0.228 e. The highest BCUT2D eigenvalue weighted by Crippen LogP contribution is 2.56. The number of benzene rings is 7. The Morgan fingerprint density at radius 3 is 1.85 bits per heavy atom. The zero-order valence-corrected chi connectivity index (χ0v) is 27.8. The van der Waals surface area contributed by atoms with Gasteiger partial charge in [0.1, 0.15) is 0 Å². The van der Waals surface area contributed by atoms with Crippen LogP contribution in [0.2, 0.25) is 0 Å². The summed E-state index contributed by atoms with van der Waals surface area (Å²) < 4.78 is 0. The van der Waals surface area contributed by atoms with Crippen LogP contribution in [0.15, 0.2) is 146 Å². The third kappa shape index (κ3) is 4.12. The van der Waals surface area contributed by atoms with Crippen molar-refractivity contribution in [2.75, 3.05) is 0 Å². The predicted octanol–water partition coefficient (Wildman–Crippen LogP) is 12.2. The lowest BCUT2D eigenvalue weighted by Crippen LogP contribution is -2.43. The third-order valence-corrected chi connectivity index (χ3v) is 11.2. The molecule has 0 amide bonds. The molecule has 0 spiro atoms. The number of para-hydroxylation sites is 1. The summed E-state index contributed by atoms with van der Waals surface area (Å²) >= 11 is 0. The molecule has 1 aliphatic rings. The molecule has 0 bridgehead atoms. The molecule has 1 heterocycles. The first-order chi connectivity index (χ1) is 23.3. The summed E-state index contributed by atoms with van der Waals surface area (Å²) in [7, 11) is 0. The fraction of sp³-hybridized carbons (Fsp3) is 0.130. The maximum Gasteiger partial charge on any atom is 0.161 e. The Morgan fingerprint density at radius 2 is 1.06 bits per heavy atom. The summed E-state index contributed by atoms with van der Waals surface area (Å²) in [6, 6.07) is 52.4. The second-order valence-electron chi connectivity index (χ2n) is 14.2. The molecule has 0 radical (unpaired) electrons. The van der Waals surface area contributed by atoms with E-state index in [0.717, 1.165) is 33.5 Å². The molecule has 48 heavy (non-hydrogen) atoms. The van der Waals surface area contributed by atoms with E-state index in [0.29, 0.717) is 0 Å². The fourth-order valence-corrected chi connectivity index (χ4v) is 8.04. The molecule has 0 unspecified atom stereocenters. The van der Waals surface area contributed by atoms with Gasteiger partial charge >= 0.3 is 0 Å². The zero-order chi connectivity index (χ0) is 32.6. The van der Waals surface area contributed by atoms with Crippen LogP contribution in [0.25, 0.3) is 77.3 Å². The second-order valence-corrected chi connectivity index (χ2v) is 14.2. The number of fused-ring (bicyclic) bond motifs is 8. The quantitative estimate of drug-likeness (QED) is 0.185. The minimum absolute atomic E-state index is 0.0585. The van der Waals surface area contributed by atoms with Gasteiger partial charge in [0, 0.05) is 21.9 Å². The first kappa shape index (κ1) is 28.6. The zero-order valence-electron chi connectivity index (χ0n) is 27.8. The van der Waals surface area contributed by atoms with Crippen LogP contribution in [0.5, 0.6) is 0 Å². The Morgan fingerprint density at radius 1 is 0.438 bits per heavy atom. The molecule has 1 aromatic heterocycles. The average Bonchev–Trinajstić information content (AvgIpc) is 3.13. The van der Waals surface area contributed by atoms with Crippen molar-refractivity contribution in [1.29, 1.82) is 0 Å². The van der Waals surface area contributed by atoms with Crippen LogP contribution in [0.3, 0.4) is 0 Å². The lowest BCUT2D eigenvalue weighted by atomic mass is 9.54. The first-order valence-corrected chi connectivity index (χ1v) is 16.8. The summed E-state index contributed by atoms with van der Waals surface area (Å²) in [5.41, 5.74) is 11.8. The molecular formula is C46H36N2. The van der Waals surface area contributed by atoms with Crippen molar-refractivity contribution < 1.29 is 0 Å². The summed E-state index contributed by atoms with van der Waals surface area (Å²) in [5.74, 6) is 0.747. The Hall–Kier alpha value is -5.60. The van der Waals surface area contributed by atoms with E-state index in [2.05, 4.69) is 173 Å². The number of hydrogen-bond donors (Lipinski definition) is 0. The largest absolute Gasteiger partial charge is 0.228 e. The molecule has 7 aromatic carbocycles. The van der Waals surface area contributed by atoms with Crippen LogP contribution in [0.1, 0.15) is 38.8 Å². The first-order valence-electron chi connectivity index (χ1n) is 16.8. The predicted molar refractivity (Wildman–Crippen MR) is 202 cm³/mol. The van der Waals surface area contributed by atoms with Gasteiger partial charge in [-0.3, -0.25) is 0 Å². The van der Waals surface area contributed by atoms with Gasteiger partial charge in [0.2, 0.25) is 0 Å². The van der Waals surface area contributed by atoms with Crippen molar-refractivity contribution in [3.8, 4) is 44.9 Å². The smallest absolute Gasteiger partial charge is 0.161 e. The summed E-state index contributed by atoms with van der Waals surface area (Å²) in [6.07, 6.45) is 0. The maximum atomic E-state index is 5.36. The van der Waals surface area contributed by atoms with Crippen molar-refractivity contribution in [3.05, 3.63) is 157 Å². The highest BCUT2D eigenvalue weighted by Gasteiger charge is 2.46. The maximum absolute atomic E-state index is 5.36. The molecule has 1 aliphatic carbocycles. The van der Waals surface area contributed by atoms with E-state index in [1.54, 1.807) is 0 Å². The van der Waals surface area contributed by atoms with Crippen LogP contribution in [-0.2, 0) is 10.8 Å². The number of hydrogen-bond acceptors (Lipinski definition) is 2. The summed E-state index contributed by atoms with van der Waals surface area (Å²) in [5, 5.41) is 6.02. The molecule has 9 rings (SSSR count). The number of rotatable bonds is 3. The van der Waals surface area contributed by atoms with Crippen molar-refractivity contribution in [2.24, 2.45) is 0 Å². The van der Waals surface area contributed by atoms with E-state index in [9.17, 15) is 0 Å². The summed E-state index contributed by atoms with van der Waals surface area (Å²) in [6.45, 7) is 9.65. The Bertz CT molecular complexity index is 2540. The van der Waals surface area contributed by atoms with Gasteiger partial charge < -0.3 is 0 Å². The van der Waals surface area contributed by atoms with E-state index in [1.165, 1.54) is 54.9 Å². The van der Waals surface area contributed by atoms with E-state index in [1.807, 2.05) is 0 Å². The van der Waals surface area contributed by atoms with Crippen LogP contribution < -0.4 is 0 Å². The van der Waals surface area contributed by atoms with Crippen molar-refractivity contribution in [3.63, 3.8) is 0 Å². The summed E-state index contributed by atoms with van der Waals surface area (Å²) in [4.78, 5) is 10.6. The Balaban J connectivity index is 1.29. The number of nitrogens with zero attached hydrogens (tertiary/aromatic N) is 2. The van der Waals surface area contributed by atoms with Gasteiger partial charge in [-0.15, -0.1) is 0 Å². The number of aromatic nitrogens is 2. The fourth-order valence-electron chi connectivity index (χ4n) is 8.04. The Kier molecular flexibility index (Phi) is 6.23. The lowest BCUT2D eigenvalue weighted by Gasteiger charge is -2.49. The molecule has 2 heteroatoms. The molecule has 0 aliphatic heterocycles. The topological polar surface area (TPSA) is 25.8 Å². The van der Waals surface area contributed by atoms with Crippen molar-refractivity contribution in [1.82, 2.24) is 9.97 Å². The van der Waals surface area contributed by atoms with Crippen LogP contribution in [0, 0.1) is 0 Å². The van der Waals surface area contributed by atoms with Gasteiger partial charge in [0.05, 0.1) is 11.2 Å². The Labute approximate surface area is 281 Å². The van der Waals surface area contributed by atoms with Crippen LogP contribution in [-0.4, -0.2) is 9.97 Å². The van der Waals surface area contributed by atoms with E-state index < -0.39 is 0 Å². The van der Waals surface area contributed by atoms with E-state index >= 15 is 0 Å². The highest BCUT2D eigenvalue weighted by molar-refractivity contribution is 6.17. The van der Waals surface area contributed by atoms with E-state index in [-0.39, 0.29) is 10.8 Å². The second kappa shape index (κ2) is 10.5. The molecule has 8 aromatic rings. The molecule has 2 nitrogen and oxygen atoms in total. The van der Waals surface area contributed by atoms with Crippen molar-refractivity contribution >= 4 is 32.4 Å². The molecule has 230 valence electrons. The van der Waals surface area contributed by atoms with Crippen molar-refractivity contribution in [2.45, 2.75) is 38.5 Å². The van der Waals surface area contributed by atoms with Gasteiger partial charge in [-0.2, -0.15) is 0 Å². The molecule has 0 saturated carbocycles. The van der Waals surface area contributed by atoms with Gasteiger partial charge in [-0.25, -0.2) is 9.97 Å². The molecular weight excluding hydrogens is 581 g/mol. The SMILES string of the molecule is CC1(C)c2ccccc2-c2ccc3cc(-c4nc(-c5ccc(-c6ccccc6)cc5)c5ccccc5n4)c4ccccc4c3c2C1(C)C. The third-order valence-electron chi connectivity index (χ3n) is 11.2. The molecule has 0 atom stereocenters. The van der Waals surface area contributed by atoms with E-state index in [4.69, 9.17) is 9.97 Å².